The Kier molecular flexibility index (Phi) is 3.82. The van der Waals surface area contributed by atoms with E-state index in [0.717, 1.165) is 12.1 Å². The van der Waals surface area contributed by atoms with E-state index in [1.165, 1.54) is 13.2 Å². The van der Waals surface area contributed by atoms with Crippen LogP contribution in [0.2, 0.25) is 0 Å². The molecule has 1 unspecified atom stereocenters. The molecule has 4 heteroatoms. The summed E-state index contributed by atoms with van der Waals surface area (Å²) in [5.41, 5.74) is 1.20. The van der Waals surface area contributed by atoms with Crippen LogP contribution in [0.15, 0.2) is 42.5 Å². The van der Waals surface area contributed by atoms with Crippen molar-refractivity contribution in [2.75, 3.05) is 7.11 Å². The third-order valence-corrected chi connectivity index (χ3v) is 3.14. The minimum atomic E-state index is -0.909. The van der Waals surface area contributed by atoms with E-state index in [0.29, 0.717) is 16.9 Å². The minimum absolute atomic E-state index is 0.486. The summed E-state index contributed by atoms with van der Waals surface area (Å²) in [5.74, 6) is -1.18. The van der Waals surface area contributed by atoms with E-state index in [-0.39, 0.29) is 0 Å². The van der Waals surface area contributed by atoms with Gasteiger partial charge in [0.05, 0.1) is 12.5 Å². The Morgan fingerprint density at radius 2 is 1.78 bits per heavy atom. The maximum Gasteiger partial charge on any atom is 0.159 e. The fraction of sp³-hybridized carbons (Fsp3) is 0.143. The maximum absolute atomic E-state index is 13.2. The molecule has 0 radical (unpaired) electrons. The van der Waals surface area contributed by atoms with Gasteiger partial charge in [-0.05, 0) is 23.8 Å². The molecule has 18 heavy (non-hydrogen) atoms. The normalized spacial score (nSPS) is 12.2. The molecule has 0 aliphatic rings. The van der Waals surface area contributed by atoms with Crippen LogP contribution in [0.4, 0.5) is 8.78 Å². The highest BCUT2D eigenvalue weighted by atomic mass is 35.5. The minimum Gasteiger partial charge on any atom is -0.496 e. The number of halogens is 3. The van der Waals surface area contributed by atoms with Crippen LogP contribution in [-0.4, -0.2) is 7.11 Å². The second kappa shape index (κ2) is 5.36. The van der Waals surface area contributed by atoms with Gasteiger partial charge in [-0.3, -0.25) is 0 Å². The Labute approximate surface area is 109 Å². The first-order chi connectivity index (χ1) is 8.63. The molecule has 94 valence electrons. The fourth-order valence-electron chi connectivity index (χ4n) is 1.73. The SMILES string of the molecule is COc1ccccc1C(Cl)c1ccc(F)c(F)c1. The molecule has 2 aromatic rings. The van der Waals surface area contributed by atoms with Crippen LogP contribution in [0.5, 0.6) is 5.75 Å². The third-order valence-electron chi connectivity index (χ3n) is 2.65. The maximum atomic E-state index is 13.2. The van der Waals surface area contributed by atoms with E-state index in [1.54, 1.807) is 12.1 Å². The molecule has 0 fully saturated rings. The molecular weight excluding hydrogens is 258 g/mol. The molecule has 0 amide bonds. The Hall–Kier alpha value is -1.61. The topological polar surface area (TPSA) is 9.23 Å². The van der Waals surface area contributed by atoms with Gasteiger partial charge in [0, 0.05) is 5.56 Å². The van der Waals surface area contributed by atoms with Gasteiger partial charge in [0.15, 0.2) is 11.6 Å². The second-order valence-corrected chi connectivity index (χ2v) is 4.21. The zero-order valence-electron chi connectivity index (χ0n) is 9.66. The van der Waals surface area contributed by atoms with Crippen LogP contribution in [0, 0.1) is 11.6 Å². The standard InChI is InChI=1S/C14H11ClF2O/c1-18-13-5-3-2-4-10(13)14(15)9-6-7-11(16)12(17)8-9/h2-8,14H,1H3. The number of hydrogen-bond donors (Lipinski definition) is 0. The molecular formula is C14H11ClF2O. The highest BCUT2D eigenvalue weighted by Gasteiger charge is 2.16. The van der Waals surface area contributed by atoms with Crippen LogP contribution >= 0.6 is 11.6 Å². The molecule has 0 saturated carbocycles. The van der Waals surface area contributed by atoms with Crippen molar-refractivity contribution in [1.29, 1.82) is 0 Å². The lowest BCUT2D eigenvalue weighted by molar-refractivity contribution is 0.410. The van der Waals surface area contributed by atoms with Crippen molar-refractivity contribution < 1.29 is 13.5 Å². The van der Waals surface area contributed by atoms with Gasteiger partial charge in [-0.25, -0.2) is 8.78 Å². The predicted molar refractivity (Wildman–Crippen MR) is 67.0 cm³/mol. The summed E-state index contributed by atoms with van der Waals surface area (Å²) in [6.07, 6.45) is 0. The first kappa shape index (κ1) is 12.8. The summed E-state index contributed by atoms with van der Waals surface area (Å²) in [5, 5.41) is -0.587. The van der Waals surface area contributed by atoms with Crippen molar-refractivity contribution in [2.24, 2.45) is 0 Å². The lowest BCUT2D eigenvalue weighted by atomic mass is 10.0. The van der Waals surface area contributed by atoms with Gasteiger partial charge in [-0.2, -0.15) is 0 Å². The van der Waals surface area contributed by atoms with Crippen LogP contribution in [0.1, 0.15) is 16.5 Å². The van der Waals surface area contributed by atoms with Crippen molar-refractivity contribution in [3.63, 3.8) is 0 Å². The van der Waals surface area contributed by atoms with Crippen molar-refractivity contribution in [3.05, 3.63) is 65.2 Å². The van der Waals surface area contributed by atoms with E-state index >= 15 is 0 Å². The van der Waals surface area contributed by atoms with Crippen molar-refractivity contribution in [2.45, 2.75) is 5.38 Å². The number of ether oxygens (including phenoxy) is 1. The molecule has 0 saturated heterocycles. The van der Waals surface area contributed by atoms with Crippen LogP contribution in [-0.2, 0) is 0 Å². The van der Waals surface area contributed by atoms with Crippen molar-refractivity contribution in [3.8, 4) is 5.75 Å². The Bertz CT molecular complexity index is 557. The summed E-state index contributed by atoms with van der Waals surface area (Å²) in [7, 11) is 1.54. The number of hydrogen-bond acceptors (Lipinski definition) is 1. The van der Waals surface area contributed by atoms with Crippen LogP contribution in [0.3, 0.4) is 0 Å². The van der Waals surface area contributed by atoms with Gasteiger partial charge in [0.2, 0.25) is 0 Å². The average Bonchev–Trinajstić information content (AvgIpc) is 2.41. The highest BCUT2D eigenvalue weighted by Crippen LogP contribution is 2.35. The van der Waals surface area contributed by atoms with Gasteiger partial charge in [-0.1, -0.05) is 24.3 Å². The fourth-order valence-corrected chi connectivity index (χ4v) is 2.04. The summed E-state index contributed by atoms with van der Waals surface area (Å²) in [6, 6.07) is 10.8. The molecule has 0 aliphatic carbocycles. The molecule has 0 spiro atoms. The molecule has 2 rings (SSSR count). The Morgan fingerprint density at radius 1 is 1.06 bits per heavy atom. The third kappa shape index (κ3) is 2.46. The lowest BCUT2D eigenvalue weighted by Gasteiger charge is -2.14. The summed E-state index contributed by atoms with van der Waals surface area (Å²) in [6.45, 7) is 0. The lowest BCUT2D eigenvalue weighted by Crippen LogP contribution is -1.98. The summed E-state index contributed by atoms with van der Waals surface area (Å²) < 4.78 is 31.2. The average molecular weight is 269 g/mol. The van der Waals surface area contributed by atoms with Crippen molar-refractivity contribution >= 4 is 11.6 Å². The first-order valence-electron chi connectivity index (χ1n) is 5.35. The monoisotopic (exact) mass is 268 g/mol. The number of para-hydroxylation sites is 1. The largest absolute Gasteiger partial charge is 0.496 e. The van der Waals surface area contributed by atoms with E-state index in [1.807, 2.05) is 12.1 Å². The number of rotatable bonds is 3. The quantitative estimate of drug-likeness (QED) is 0.754. The first-order valence-corrected chi connectivity index (χ1v) is 5.79. The van der Waals surface area contributed by atoms with Crippen LogP contribution < -0.4 is 4.74 Å². The van der Waals surface area contributed by atoms with Gasteiger partial charge in [-0.15, -0.1) is 11.6 Å². The van der Waals surface area contributed by atoms with Gasteiger partial charge >= 0.3 is 0 Å². The highest BCUT2D eigenvalue weighted by molar-refractivity contribution is 6.22. The molecule has 1 nitrogen and oxygen atoms in total. The summed E-state index contributed by atoms with van der Waals surface area (Å²) >= 11 is 6.27. The Morgan fingerprint density at radius 3 is 2.44 bits per heavy atom. The van der Waals surface area contributed by atoms with E-state index in [9.17, 15) is 8.78 Å². The van der Waals surface area contributed by atoms with Gasteiger partial charge in [0.25, 0.3) is 0 Å². The van der Waals surface area contributed by atoms with Crippen LogP contribution in [0.25, 0.3) is 0 Å². The smallest absolute Gasteiger partial charge is 0.159 e. The molecule has 0 aromatic heterocycles. The van der Waals surface area contributed by atoms with Gasteiger partial charge in [0.1, 0.15) is 5.75 Å². The van der Waals surface area contributed by atoms with E-state index < -0.39 is 17.0 Å². The van der Waals surface area contributed by atoms with Crippen molar-refractivity contribution in [1.82, 2.24) is 0 Å². The zero-order valence-corrected chi connectivity index (χ0v) is 10.4. The molecule has 1 atom stereocenters. The van der Waals surface area contributed by atoms with Gasteiger partial charge < -0.3 is 4.74 Å². The predicted octanol–water partition coefficient (Wildman–Crippen LogP) is 4.30. The number of methoxy groups -OCH3 is 1. The van der Waals surface area contributed by atoms with E-state index in [4.69, 9.17) is 16.3 Å². The molecule has 0 N–H and O–H groups in total. The molecule has 0 aliphatic heterocycles. The Balaban J connectivity index is 2.41. The number of benzene rings is 2. The van der Waals surface area contributed by atoms with E-state index in [2.05, 4.69) is 0 Å². The number of alkyl halides is 1. The zero-order chi connectivity index (χ0) is 13.1. The summed E-state index contributed by atoms with van der Waals surface area (Å²) in [4.78, 5) is 0. The molecule has 0 heterocycles. The molecule has 2 aromatic carbocycles. The molecule has 0 bridgehead atoms. The second-order valence-electron chi connectivity index (χ2n) is 3.78.